The van der Waals surface area contributed by atoms with Gasteiger partial charge in [-0.25, -0.2) is 0 Å². The van der Waals surface area contributed by atoms with Gasteiger partial charge in [0.15, 0.2) is 5.78 Å². The SMILES string of the molecule is COc1ccc(Cl)cc1C(=O)CCC(=O)NC(C)c1ccc2c(c1)CCCC2. The van der Waals surface area contributed by atoms with E-state index in [1.54, 1.807) is 18.2 Å². The van der Waals surface area contributed by atoms with Gasteiger partial charge in [-0.1, -0.05) is 29.8 Å². The van der Waals surface area contributed by atoms with E-state index in [0.29, 0.717) is 16.3 Å². The smallest absolute Gasteiger partial charge is 0.220 e. The van der Waals surface area contributed by atoms with E-state index in [1.165, 1.54) is 31.1 Å². The lowest BCUT2D eigenvalue weighted by atomic mass is 9.89. The molecule has 1 unspecified atom stereocenters. The van der Waals surface area contributed by atoms with E-state index in [-0.39, 0.29) is 30.6 Å². The summed E-state index contributed by atoms with van der Waals surface area (Å²) in [5, 5.41) is 3.47. The van der Waals surface area contributed by atoms with E-state index < -0.39 is 0 Å². The fraction of sp³-hybridized carbons (Fsp3) is 0.391. The summed E-state index contributed by atoms with van der Waals surface area (Å²) >= 11 is 5.98. The van der Waals surface area contributed by atoms with E-state index >= 15 is 0 Å². The average Bonchev–Trinajstić information content (AvgIpc) is 2.71. The van der Waals surface area contributed by atoms with Gasteiger partial charge in [0.05, 0.1) is 18.7 Å². The summed E-state index contributed by atoms with van der Waals surface area (Å²) in [7, 11) is 1.51. The molecule has 0 aliphatic heterocycles. The molecule has 0 bridgehead atoms. The number of amides is 1. The Balaban J connectivity index is 1.57. The van der Waals surface area contributed by atoms with Crippen LogP contribution in [0.15, 0.2) is 36.4 Å². The first-order valence-corrected chi connectivity index (χ1v) is 10.1. The third-order valence-electron chi connectivity index (χ3n) is 5.29. The lowest BCUT2D eigenvalue weighted by Gasteiger charge is -2.20. The average molecular weight is 400 g/mol. The van der Waals surface area contributed by atoms with Crippen molar-refractivity contribution in [2.24, 2.45) is 0 Å². The third kappa shape index (κ3) is 4.93. The quantitative estimate of drug-likeness (QED) is 0.661. The van der Waals surface area contributed by atoms with Gasteiger partial charge in [0, 0.05) is 17.9 Å². The van der Waals surface area contributed by atoms with Crippen molar-refractivity contribution < 1.29 is 14.3 Å². The molecular weight excluding hydrogens is 374 g/mol. The van der Waals surface area contributed by atoms with Crippen LogP contribution in [0.2, 0.25) is 5.02 Å². The van der Waals surface area contributed by atoms with Gasteiger partial charge in [-0.05, 0) is 67.5 Å². The fourth-order valence-electron chi connectivity index (χ4n) is 3.68. The number of hydrogen-bond donors (Lipinski definition) is 1. The molecule has 2 aromatic rings. The van der Waals surface area contributed by atoms with Crippen LogP contribution in [0.5, 0.6) is 5.75 Å². The molecule has 1 amide bonds. The number of hydrogen-bond acceptors (Lipinski definition) is 3. The molecule has 0 fully saturated rings. The molecule has 0 heterocycles. The molecule has 1 aliphatic carbocycles. The number of nitrogens with one attached hydrogen (secondary N) is 1. The van der Waals surface area contributed by atoms with Crippen LogP contribution in [0.3, 0.4) is 0 Å². The minimum absolute atomic E-state index is 0.0875. The summed E-state index contributed by atoms with van der Waals surface area (Å²) in [6.07, 6.45) is 4.98. The minimum atomic E-state index is -0.157. The first-order valence-electron chi connectivity index (χ1n) is 9.75. The van der Waals surface area contributed by atoms with Gasteiger partial charge < -0.3 is 10.1 Å². The Bertz CT molecular complexity index is 878. The number of fused-ring (bicyclic) bond motifs is 1. The van der Waals surface area contributed by atoms with Crippen LogP contribution < -0.4 is 10.1 Å². The third-order valence-corrected chi connectivity index (χ3v) is 5.53. The first kappa shape index (κ1) is 20.4. The van der Waals surface area contributed by atoms with Gasteiger partial charge in [-0.2, -0.15) is 0 Å². The van der Waals surface area contributed by atoms with Crippen LogP contribution >= 0.6 is 11.6 Å². The number of carbonyl (C=O) groups excluding carboxylic acids is 2. The van der Waals surface area contributed by atoms with Crippen molar-refractivity contribution >= 4 is 23.3 Å². The molecule has 0 aromatic heterocycles. The van der Waals surface area contributed by atoms with Crippen LogP contribution in [0.25, 0.3) is 0 Å². The highest BCUT2D eigenvalue weighted by molar-refractivity contribution is 6.31. The van der Waals surface area contributed by atoms with Crippen molar-refractivity contribution in [1.29, 1.82) is 0 Å². The summed E-state index contributed by atoms with van der Waals surface area (Å²) < 4.78 is 5.22. The number of ether oxygens (including phenoxy) is 1. The Labute approximate surface area is 171 Å². The molecule has 28 heavy (non-hydrogen) atoms. The normalized spacial score (nSPS) is 14.1. The number of aryl methyl sites for hydroxylation is 2. The molecule has 0 saturated carbocycles. The molecule has 2 aromatic carbocycles. The topological polar surface area (TPSA) is 55.4 Å². The highest BCUT2D eigenvalue weighted by Gasteiger charge is 2.17. The van der Waals surface area contributed by atoms with Gasteiger partial charge >= 0.3 is 0 Å². The number of carbonyl (C=O) groups is 2. The van der Waals surface area contributed by atoms with Crippen LogP contribution in [-0.2, 0) is 17.6 Å². The zero-order valence-electron chi connectivity index (χ0n) is 16.4. The summed E-state index contributed by atoms with van der Waals surface area (Å²) in [6.45, 7) is 1.98. The Kier molecular flexibility index (Phi) is 6.74. The molecule has 0 spiro atoms. The highest BCUT2D eigenvalue weighted by Crippen LogP contribution is 2.26. The number of Topliss-reactive ketones (excluding diaryl/α,β-unsaturated/α-hetero) is 1. The van der Waals surface area contributed by atoms with Gasteiger partial charge in [-0.3, -0.25) is 9.59 Å². The first-order chi connectivity index (χ1) is 13.5. The molecule has 0 saturated heterocycles. The molecule has 1 atom stereocenters. The zero-order valence-corrected chi connectivity index (χ0v) is 17.1. The second kappa shape index (κ2) is 9.24. The van der Waals surface area contributed by atoms with E-state index in [9.17, 15) is 9.59 Å². The van der Waals surface area contributed by atoms with Crippen molar-refractivity contribution in [2.45, 2.75) is 51.5 Å². The molecule has 0 radical (unpaired) electrons. The van der Waals surface area contributed by atoms with Crippen LogP contribution in [0.1, 0.15) is 65.7 Å². The maximum Gasteiger partial charge on any atom is 0.220 e. The summed E-state index contributed by atoms with van der Waals surface area (Å²) in [5.41, 5.74) is 4.34. The van der Waals surface area contributed by atoms with Crippen molar-refractivity contribution in [3.05, 3.63) is 63.7 Å². The Morgan fingerprint density at radius 3 is 2.57 bits per heavy atom. The van der Waals surface area contributed by atoms with Gasteiger partial charge in [0.1, 0.15) is 5.75 Å². The fourth-order valence-corrected chi connectivity index (χ4v) is 3.85. The lowest BCUT2D eigenvalue weighted by molar-refractivity contribution is -0.121. The van der Waals surface area contributed by atoms with E-state index in [2.05, 4.69) is 23.5 Å². The Hall–Kier alpha value is -2.33. The molecule has 148 valence electrons. The maximum absolute atomic E-state index is 12.5. The number of rotatable bonds is 7. The molecule has 1 N–H and O–H groups in total. The standard InChI is InChI=1S/C23H26ClNO3/c1-15(17-8-7-16-5-3-4-6-18(16)13-17)25-23(27)12-10-21(26)20-14-19(24)9-11-22(20)28-2/h7-9,11,13-15H,3-6,10,12H2,1-2H3,(H,25,27). The maximum atomic E-state index is 12.5. The van der Waals surface area contributed by atoms with Crippen molar-refractivity contribution in [3.63, 3.8) is 0 Å². The minimum Gasteiger partial charge on any atom is -0.496 e. The molecule has 1 aliphatic rings. The van der Waals surface area contributed by atoms with E-state index in [4.69, 9.17) is 16.3 Å². The molecule has 5 heteroatoms. The number of benzene rings is 2. The number of methoxy groups -OCH3 is 1. The van der Waals surface area contributed by atoms with E-state index in [0.717, 1.165) is 18.4 Å². The van der Waals surface area contributed by atoms with Crippen molar-refractivity contribution in [1.82, 2.24) is 5.32 Å². The van der Waals surface area contributed by atoms with Gasteiger partial charge in [-0.15, -0.1) is 0 Å². The van der Waals surface area contributed by atoms with Crippen LogP contribution in [-0.4, -0.2) is 18.8 Å². The van der Waals surface area contributed by atoms with Crippen LogP contribution in [0, 0.1) is 0 Å². The summed E-state index contributed by atoms with van der Waals surface area (Å²) in [6, 6.07) is 11.3. The molecule has 3 rings (SSSR count). The predicted octanol–water partition coefficient (Wildman–Crippen LogP) is 5.07. The second-order valence-corrected chi connectivity index (χ2v) is 7.73. The highest BCUT2D eigenvalue weighted by atomic mass is 35.5. The van der Waals surface area contributed by atoms with E-state index in [1.807, 2.05) is 6.92 Å². The Morgan fingerprint density at radius 1 is 1.07 bits per heavy atom. The molecular formula is C23H26ClNO3. The number of halogens is 1. The lowest BCUT2D eigenvalue weighted by Crippen LogP contribution is -2.27. The summed E-state index contributed by atoms with van der Waals surface area (Å²) in [4.78, 5) is 24.8. The van der Waals surface area contributed by atoms with Gasteiger partial charge in [0.25, 0.3) is 0 Å². The van der Waals surface area contributed by atoms with Crippen molar-refractivity contribution in [2.75, 3.05) is 7.11 Å². The van der Waals surface area contributed by atoms with Gasteiger partial charge in [0.2, 0.25) is 5.91 Å². The monoisotopic (exact) mass is 399 g/mol. The van der Waals surface area contributed by atoms with Crippen molar-refractivity contribution in [3.8, 4) is 5.75 Å². The predicted molar refractivity (Wildman–Crippen MR) is 111 cm³/mol. The second-order valence-electron chi connectivity index (χ2n) is 7.29. The van der Waals surface area contributed by atoms with Crippen LogP contribution in [0.4, 0.5) is 0 Å². The largest absolute Gasteiger partial charge is 0.496 e. The summed E-state index contributed by atoms with van der Waals surface area (Å²) in [5.74, 6) is 0.174. The number of ketones is 1. The Morgan fingerprint density at radius 2 is 1.82 bits per heavy atom. The zero-order chi connectivity index (χ0) is 20.1. The molecule has 4 nitrogen and oxygen atoms in total.